The van der Waals surface area contributed by atoms with Gasteiger partial charge in [0.25, 0.3) is 0 Å². The summed E-state index contributed by atoms with van der Waals surface area (Å²) in [5.41, 5.74) is 2.50. The van der Waals surface area contributed by atoms with Gasteiger partial charge in [-0.25, -0.2) is 14.2 Å². The van der Waals surface area contributed by atoms with Gasteiger partial charge in [0.05, 0.1) is 17.6 Å². The number of carboxylic acids is 1. The van der Waals surface area contributed by atoms with Crippen molar-refractivity contribution >= 4 is 5.97 Å². The minimum atomic E-state index is -0.982. The highest BCUT2D eigenvalue weighted by atomic mass is 19.1. The van der Waals surface area contributed by atoms with Crippen molar-refractivity contribution < 1.29 is 14.3 Å². The van der Waals surface area contributed by atoms with Crippen LogP contribution in [0.5, 0.6) is 0 Å². The lowest BCUT2D eigenvalue weighted by molar-refractivity contribution is 0.0697. The molecule has 0 amide bonds. The van der Waals surface area contributed by atoms with Crippen LogP contribution in [-0.4, -0.2) is 43.6 Å². The maximum absolute atomic E-state index is 13.2. The molecule has 1 aromatic carbocycles. The molecule has 1 N–H and O–H groups in total. The van der Waals surface area contributed by atoms with Gasteiger partial charge < -0.3 is 9.67 Å². The van der Waals surface area contributed by atoms with Crippen LogP contribution in [0.2, 0.25) is 0 Å². The van der Waals surface area contributed by atoms with E-state index in [-0.39, 0.29) is 11.4 Å². The number of carbonyl (C=O) groups is 1. The van der Waals surface area contributed by atoms with Gasteiger partial charge in [0.15, 0.2) is 0 Å². The average molecular weight is 394 g/mol. The van der Waals surface area contributed by atoms with Gasteiger partial charge in [0.2, 0.25) is 0 Å². The first-order valence-electron chi connectivity index (χ1n) is 9.75. The fourth-order valence-electron chi connectivity index (χ4n) is 3.32. The number of pyridine rings is 1. The number of hydrogen-bond donors (Lipinski definition) is 1. The van der Waals surface area contributed by atoms with Crippen molar-refractivity contribution in [2.24, 2.45) is 5.92 Å². The lowest BCUT2D eigenvalue weighted by Gasteiger charge is -2.22. The Balaban J connectivity index is 1.40. The van der Waals surface area contributed by atoms with Crippen LogP contribution in [0, 0.1) is 11.7 Å². The molecular formula is C22H23FN4O2. The van der Waals surface area contributed by atoms with Crippen LogP contribution >= 0.6 is 0 Å². The van der Waals surface area contributed by atoms with E-state index in [4.69, 9.17) is 5.11 Å². The third-order valence-electron chi connectivity index (χ3n) is 5.11. The fraction of sp³-hybridized carbons (Fsp3) is 0.318. The molecule has 0 bridgehead atoms. The zero-order chi connectivity index (χ0) is 20.2. The fourth-order valence-corrected chi connectivity index (χ4v) is 3.32. The predicted octanol–water partition coefficient (Wildman–Crippen LogP) is 3.69. The normalized spacial score (nSPS) is 13.7. The first-order valence-corrected chi connectivity index (χ1v) is 9.75. The molecule has 0 spiro atoms. The Bertz CT molecular complexity index is 982. The summed E-state index contributed by atoms with van der Waals surface area (Å²) in [6.45, 7) is 3.45. The van der Waals surface area contributed by atoms with E-state index >= 15 is 0 Å². The quantitative estimate of drug-likeness (QED) is 0.599. The van der Waals surface area contributed by atoms with Crippen LogP contribution in [0.25, 0.3) is 11.4 Å². The largest absolute Gasteiger partial charge is 0.478 e. The van der Waals surface area contributed by atoms with Crippen molar-refractivity contribution in [3.8, 4) is 11.4 Å². The lowest BCUT2D eigenvalue weighted by Crippen LogP contribution is -2.29. The molecule has 1 aliphatic rings. The second-order valence-corrected chi connectivity index (χ2v) is 7.54. The molecule has 3 aromatic rings. The minimum absolute atomic E-state index is 0.194. The number of benzene rings is 1. The number of hydrogen-bond acceptors (Lipinski definition) is 4. The van der Waals surface area contributed by atoms with Crippen molar-refractivity contribution in [3.05, 3.63) is 72.1 Å². The molecule has 0 atom stereocenters. The van der Waals surface area contributed by atoms with Gasteiger partial charge in [-0.2, -0.15) is 0 Å². The van der Waals surface area contributed by atoms with Crippen molar-refractivity contribution in [1.82, 2.24) is 19.4 Å². The molecule has 2 heterocycles. The Hall–Kier alpha value is -3.06. The summed E-state index contributed by atoms with van der Waals surface area (Å²) in [6, 6.07) is 9.68. The van der Waals surface area contributed by atoms with Crippen molar-refractivity contribution in [2.45, 2.75) is 25.9 Å². The monoisotopic (exact) mass is 394 g/mol. The summed E-state index contributed by atoms with van der Waals surface area (Å²) in [5.74, 6) is -0.435. The van der Waals surface area contributed by atoms with Crippen LogP contribution in [0.4, 0.5) is 4.39 Å². The molecule has 6 nitrogen and oxygen atoms in total. The van der Waals surface area contributed by atoms with Gasteiger partial charge in [0, 0.05) is 38.6 Å². The number of carboxylic acid groups (broad SMARTS) is 1. The Kier molecular flexibility index (Phi) is 5.67. The summed E-state index contributed by atoms with van der Waals surface area (Å²) < 4.78 is 15.2. The highest BCUT2D eigenvalue weighted by Crippen LogP contribution is 2.30. The van der Waals surface area contributed by atoms with Crippen LogP contribution in [0.1, 0.15) is 28.8 Å². The summed E-state index contributed by atoms with van der Waals surface area (Å²) >= 11 is 0. The van der Waals surface area contributed by atoms with Gasteiger partial charge in [-0.1, -0.05) is 12.1 Å². The maximum Gasteiger partial charge on any atom is 0.335 e. The summed E-state index contributed by atoms with van der Waals surface area (Å²) in [7, 11) is 0. The second kappa shape index (κ2) is 8.53. The lowest BCUT2D eigenvalue weighted by atomic mass is 10.2. The Morgan fingerprint density at radius 2 is 1.97 bits per heavy atom. The van der Waals surface area contributed by atoms with E-state index < -0.39 is 5.97 Å². The molecule has 150 valence electrons. The van der Waals surface area contributed by atoms with E-state index in [2.05, 4.69) is 14.9 Å². The van der Waals surface area contributed by atoms with Crippen molar-refractivity contribution in [1.29, 1.82) is 0 Å². The molecule has 0 unspecified atom stereocenters. The zero-order valence-electron chi connectivity index (χ0n) is 16.0. The standard InChI is InChI=1S/C22H23FN4O2/c23-19-5-3-17(4-6-19)13-26(12-16-1-2-16)9-10-27-14-21(25-15-27)20-11-18(22(28)29)7-8-24-20/h3-8,11,14-16H,1-2,9-10,12-13H2,(H,28,29). The number of aromatic nitrogens is 3. The van der Waals surface area contributed by atoms with Crippen molar-refractivity contribution in [3.63, 3.8) is 0 Å². The summed E-state index contributed by atoms with van der Waals surface area (Å²) in [4.78, 5) is 22.2. The molecule has 2 aromatic heterocycles. The van der Waals surface area contributed by atoms with Crippen molar-refractivity contribution in [2.75, 3.05) is 13.1 Å². The van der Waals surface area contributed by atoms with Crippen LogP contribution in [-0.2, 0) is 13.1 Å². The second-order valence-electron chi connectivity index (χ2n) is 7.54. The number of imidazole rings is 1. The average Bonchev–Trinajstić information content (AvgIpc) is 3.41. The minimum Gasteiger partial charge on any atom is -0.478 e. The Labute approximate surface area is 168 Å². The summed E-state index contributed by atoms with van der Waals surface area (Å²) in [6.07, 6.45) is 7.68. The van der Waals surface area contributed by atoms with E-state index in [1.165, 1.54) is 43.3 Å². The third kappa shape index (κ3) is 5.26. The zero-order valence-corrected chi connectivity index (χ0v) is 16.0. The molecule has 0 saturated heterocycles. The van der Waals surface area contributed by atoms with Gasteiger partial charge in [-0.3, -0.25) is 9.88 Å². The topological polar surface area (TPSA) is 71.2 Å². The van der Waals surface area contributed by atoms with E-state index in [9.17, 15) is 9.18 Å². The Morgan fingerprint density at radius 3 is 2.69 bits per heavy atom. The first-order chi connectivity index (χ1) is 14.1. The molecule has 0 radical (unpaired) electrons. The van der Waals surface area contributed by atoms with Crippen LogP contribution < -0.4 is 0 Å². The molecule has 1 aliphatic carbocycles. The third-order valence-corrected chi connectivity index (χ3v) is 5.11. The number of nitrogens with zero attached hydrogens (tertiary/aromatic N) is 4. The molecule has 0 aliphatic heterocycles. The van der Waals surface area contributed by atoms with Gasteiger partial charge in [0.1, 0.15) is 11.5 Å². The molecule has 1 saturated carbocycles. The predicted molar refractivity (Wildman–Crippen MR) is 107 cm³/mol. The van der Waals surface area contributed by atoms with Gasteiger partial charge in [-0.15, -0.1) is 0 Å². The van der Waals surface area contributed by atoms with E-state index in [0.717, 1.165) is 37.7 Å². The number of aromatic carboxylic acids is 1. The highest BCUT2D eigenvalue weighted by Gasteiger charge is 2.24. The summed E-state index contributed by atoms with van der Waals surface area (Å²) in [5, 5.41) is 9.14. The van der Waals surface area contributed by atoms with E-state index in [1.807, 2.05) is 22.9 Å². The number of halogens is 1. The van der Waals surface area contributed by atoms with Gasteiger partial charge in [-0.05, 0) is 48.6 Å². The molecule has 7 heteroatoms. The SMILES string of the molecule is O=C(O)c1ccnc(-c2cn(CCN(Cc3ccc(F)cc3)CC3CC3)cn2)c1. The van der Waals surface area contributed by atoms with E-state index in [1.54, 1.807) is 6.33 Å². The van der Waals surface area contributed by atoms with Gasteiger partial charge >= 0.3 is 5.97 Å². The van der Waals surface area contributed by atoms with Crippen LogP contribution in [0.15, 0.2) is 55.1 Å². The molecule has 4 rings (SSSR count). The number of rotatable bonds is 9. The molecule has 29 heavy (non-hydrogen) atoms. The first kappa shape index (κ1) is 19.3. The maximum atomic E-state index is 13.2. The smallest absolute Gasteiger partial charge is 0.335 e. The van der Waals surface area contributed by atoms with Crippen LogP contribution in [0.3, 0.4) is 0 Å². The highest BCUT2D eigenvalue weighted by molar-refractivity contribution is 5.88. The van der Waals surface area contributed by atoms with E-state index in [0.29, 0.717) is 11.4 Å². The molecular weight excluding hydrogens is 371 g/mol. The molecule has 1 fully saturated rings. The Morgan fingerprint density at radius 1 is 1.17 bits per heavy atom.